The van der Waals surface area contributed by atoms with Crippen LogP contribution in [0.1, 0.15) is 51.8 Å². The van der Waals surface area contributed by atoms with E-state index < -0.39 is 24.7 Å². The summed E-state index contributed by atoms with van der Waals surface area (Å²) in [6.07, 6.45) is 2.89. The van der Waals surface area contributed by atoms with Crippen molar-refractivity contribution in [3.63, 3.8) is 0 Å². The molecule has 1 aromatic carbocycles. The molecule has 3 aromatic heterocycles. The van der Waals surface area contributed by atoms with E-state index in [1.807, 2.05) is 4.90 Å². The minimum absolute atomic E-state index is 0.00510. The molecule has 1 saturated carbocycles. The van der Waals surface area contributed by atoms with Crippen LogP contribution in [0.25, 0.3) is 5.65 Å². The van der Waals surface area contributed by atoms with Crippen LogP contribution in [0.3, 0.4) is 0 Å². The number of pyridine rings is 1. The molecule has 0 unspecified atom stereocenters. The number of fused-ring (bicyclic) bond motifs is 1. The molecule has 0 radical (unpaired) electrons. The van der Waals surface area contributed by atoms with Gasteiger partial charge in [0.05, 0.1) is 31.6 Å². The van der Waals surface area contributed by atoms with Gasteiger partial charge in [-0.15, -0.1) is 5.10 Å². The Bertz CT molecular complexity index is 1590. The number of hydrogen-bond acceptors (Lipinski definition) is 7. The average molecular weight is 580 g/mol. The fourth-order valence-corrected chi connectivity index (χ4v) is 5.01. The highest BCUT2D eigenvalue weighted by atomic mass is 19.3. The maximum absolute atomic E-state index is 14.2. The molecule has 4 heterocycles. The zero-order valence-corrected chi connectivity index (χ0v) is 22.4. The van der Waals surface area contributed by atoms with Crippen molar-refractivity contribution in [3.05, 3.63) is 83.7 Å². The first-order valence-electron chi connectivity index (χ1n) is 13.7. The fourth-order valence-electron chi connectivity index (χ4n) is 5.01. The number of carbonyl (C=O) groups is 2. The highest BCUT2D eigenvalue weighted by Gasteiger charge is 2.36. The van der Waals surface area contributed by atoms with Crippen LogP contribution in [-0.2, 0) is 0 Å². The molecule has 2 N–H and O–H groups in total. The summed E-state index contributed by atoms with van der Waals surface area (Å²) in [6.45, 7) is 0.176. The number of ether oxygens (including phenoxy) is 1. The summed E-state index contributed by atoms with van der Waals surface area (Å²) in [6, 6.07) is 12.2. The van der Waals surface area contributed by atoms with E-state index in [1.165, 1.54) is 41.9 Å². The number of nitrogens with one attached hydrogen (secondary N) is 2. The van der Waals surface area contributed by atoms with Gasteiger partial charge in [0.15, 0.2) is 11.3 Å². The van der Waals surface area contributed by atoms with Crippen molar-refractivity contribution in [2.24, 2.45) is 5.92 Å². The molecule has 218 valence electrons. The number of hydrogen-bond donors (Lipinski definition) is 2. The van der Waals surface area contributed by atoms with Crippen molar-refractivity contribution in [1.82, 2.24) is 30.2 Å². The maximum atomic E-state index is 14.2. The quantitative estimate of drug-likeness (QED) is 0.294. The first kappa shape index (κ1) is 27.5. The van der Waals surface area contributed by atoms with Gasteiger partial charge in [-0.05, 0) is 67.1 Å². The average Bonchev–Trinajstić information content (AvgIpc) is 3.57. The summed E-state index contributed by atoms with van der Waals surface area (Å²) in [5.74, 6) is 0.151. The lowest BCUT2D eigenvalue weighted by Crippen LogP contribution is -2.37. The molecule has 1 aliphatic heterocycles. The third-order valence-electron chi connectivity index (χ3n) is 7.31. The second kappa shape index (κ2) is 11.7. The summed E-state index contributed by atoms with van der Waals surface area (Å²) in [5, 5.41) is 9.76. The monoisotopic (exact) mass is 579 g/mol. The lowest BCUT2D eigenvalue weighted by molar-refractivity contribution is 0.0884. The number of amides is 2. The largest absolute Gasteiger partial charge is 0.492 e. The summed E-state index contributed by atoms with van der Waals surface area (Å²) >= 11 is 0. The van der Waals surface area contributed by atoms with E-state index in [1.54, 1.807) is 36.4 Å². The van der Waals surface area contributed by atoms with E-state index in [-0.39, 0.29) is 29.4 Å². The molecule has 6 rings (SSSR count). The predicted octanol–water partition coefficient (Wildman–Crippen LogP) is 3.80. The van der Waals surface area contributed by atoms with Crippen LogP contribution < -0.4 is 20.3 Å². The topological polar surface area (TPSA) is 114 Å². The molecule has 4 aromatic rings. The van der Waals surface area contributed by atoms with Crippen LogP contribution in [0.4, 0.5) is 19.0 Å². The van der Waals surface area contributed by atoms with Gasteiger partial charge >= 0.3 is 0 Å². The van der Waals surface area contributed by atoms with Crippen molar-refractivity contribution in [2.75, 3.05) is 24.6 Å². The number of rotatable bonds is 10. The predicted molar refractivity (Wildman–Crippen MR) is 146 cm³/mol. The van der Waals surface area contributed by atoms with Gasteiger partial charge < -0.3 is 20.3 Å². The summed E-state index contributed by atoms with van der Waals surface area (Å²) in [4.78, 5) is 35.9. The first-order valence-corrected chi connectivity index (χ1v) is 13.7. The molecular weight excluding hydrogens is 551 g/mol. The van der Waals surface area contributed by atoms with Crippen molar-refractivity contribution >= 4 is 23.3 Å². The molecule has 1 saturated heterocycles. The lowest BCUT2D eigenvalue weighted by atomic mass is 10.0. The standard InChI is InChI=1S/C29H28F3N7O3/c30-19-3-1-2-18(10-19)23-11-20(36-28(40)22-7-6-21(12-33-22)42-16-17-4-5-17)15-38(23)27-9-8-26-34-13-24(39(26)37-27)29(41)35-14-25(31)32/h1-3,6-10,12-13,17,20,23,25H,4-5,11,14-16H2,(H,35,41)(H,36,40)/t20-,23+/m0/s1. The van der Waals surface area contributed by atoms with Crippen molar-refractivity contribution in [2.45, 2.75) is 37.8 Å². The second-order valence-electron chi connectivity index (χ2n) is 10.5. The van der Waals surface area contributed by atoms with Gasteiger partial charge in [0.1, 0.15) is 23.1 Å². The molecule has 1 aliphatic carbocycles. The molecule has 0 spiro atoms. The van der Waals surface area contributed by atoms with E-state index in [0.29, 0.717) is 48.3 Å². The zero-order chi connectivity index (χ0) is 29.2. The Morgan fingerprint density at radius 3 is 2.64 bits per heavy atom. The molecule has 13 heteroatoms. The zero-order valence-electron chi connectivity index (χ0n) is 22.4. The summed E-state index contributed by atoms with van der Waals surface area (Å²) in [5.41, 5.74) is 1.27. The van der Waals surface area contributed by atoms with Crippen LogP contribution in [0.5, 0.6) is 5.75 Å². The van der Waals surface area contributed by atoms with Gasteiger partial charge in [-0.25, -0.2) is 27.7 Å². The van der Waals surface area contributed by atoms with E-state index >= 15 is 0 Å². The Labute approximate surface area is 238 Å². The summed E-state index contributed by atoms with van der Waals surface area (Å²) < 4.78 is 46.5. The Hall–Kier alpha value is -4.68. The number of anilines is 1. The minimum atomic E-state index is -2.70. The Balaban J connectivity index is 1.22. The van der Waals surface area contributed by atoms with E-state index in [4.69, 9.17) is 4.74 Å². The number of carbonyl (C=O) groups excluding carboxylic acids is 2. The van der Waals surface area contributed by atoms with E-state index in [2.05, 4.69) is 25.7 Å². The Morgan fingerprint density at radius 1 is 1.05 bits per heavy atom. The molecule has 0 bridgehead atoms. The number of imidazole rings is 1. The number of halogens is 3. The second-order valence-corrected chi connectivity index (χ2v) is 10.5. The van der Waals surface area contributed by atoms with Crippen molar-refractivity contribution in [3.8, 4) is 5.75 Å². The highest BCUT2D eigenvalue weighted by molar-refractivity contribution is 5.93. The van der Waals surface area contributed by atoms with Gasteiger partial charge in [0.25, 0.3) is 18.2 Å². The van der Waals surface area contributed by atoms with Crippen molar-refractivity contribution in [1.29, 1.82) is 0 Å². The van der Waals surface area contributed by atoms with Crippen molar-refractivity contribution < 1.29 is 27.5 Å². The molecular formula is C29H28F3N7O3. The molecule has 2 aliphatic rings. The van der Waals surface area contributed by atoms with Gasteiger partial charge in [-0.1, -0.05) is 12.1 Å². The SMILES string of the molecule is O=C(N[C@H]1C[C@H](c2cccc(F)c2)N(c2ccc3ncc(C(=O)NCC(F)F)n3n2)C1)c1ccc(OCC2CC2)cn1. The highest BCUT2D eigenvalue weighted by Crippen LogP contribution is 2.36. The third-order valence-corrected chi connectivity index (χ3v) is 7.31. The van der Waals surface area contributed by atoms with Crippen LogP contribution in [0, 0.1) is 11.7 Å². The molecule has 2 amide bonds. The fraction of sp³-hybridized carbons (Fsp3) is 0.345. The molecule has 2 atom stereocenters. The number of benzene rings is 1. The third kappa shape index (κ3) is 6.14. The normalized spacial score (nSPS) is 18.4. The maximum Gasteiger partial charge on any atom is 0.271 e. The minimum Gasteiger partial charge on any atom is -0.492 e. The van der Waals surface area contributed by atoms with Crippen LogP contribution in [0.2, 0.25) is 0 Å². The van der Waals surface area contributed by atoms with Gasteiger partial charge in [0, 0.05) is 12.6 Å². The molecule has 2 fully saturated rings. The number of aromatic nitrogens is 4. The van der Waals surface area contributed by atoms with Crippen LogP contribution >= 0.6 is 0 Å². The number of nitrogens with zero attached hydrogens (tertiary/aromatic N) is 5. The summed E-state index contributed by atoms with van der Waals surface area (Å²) in [7, 11) is 0. The molecule has 10 nitrogen and oxygen atoms in total. The van der Waals surface area contributed by atoms with E-state index in [9.17, 15) is 22.8 Å². The lowest BCUT2D eigenvalue weighted by Gasteiger charge is -2.26. The van der Waals surface area contributed by atoms with Gasteiger partial charge in [0.2, 0.25) is 0 Å². The van der Waals surface area contributed by atoms with Gasteiger partial charge in [-0.2, -0.15) is 0 Å². The number of alkyl halides is 2. The Morgan fingerprint density at radius 2 is 1.90 bits per heavy atom. The first-order chi connectivity index (χ1) is 20.3. The molecule has 42 heavy (non-hydrogen) atoms. The van der Waals surface area contributed by atoms with Gasteiger partial charge in [-0.3, -0.25) is 9.59 Å². The van der Waals surface area contributed by atoms with E-state index in [0.717, 1.165) is 0 Å². The van der Waals surface area contributed by atoms with Crippen LogP contribution in [-0.4, -0.2) is 63.6 Å². The van der Waals surface area contributed by atoms with Crippen LogP contribution in [0.15, 0.2) is 60.9 Å². The smallest absolute Gasteiger partial charge is 0.271 e. The Kier molecular flexibility index (Phi) is 7.64.